The van der Waals surface area contributed by atoms with E-state index in [1.165, 1.54) is 18.9 Å². The molecule has 2 unspecified atom stereocenters. The third-order valence-electron chi connectivity index (χ3n) is 4.55. The van der Waals surface area contributed by atoms with Crippen LogP contribution in [0.15, 0.2) is 35.9 Å². The summed E-state index contributed by atoms with van der Waals surface area (Å²) in [5.41, 5.74) is 1.20. The Morgan fingerprint density at radius 2 is 2.03 bits per heavy atom. The van der Waals surface area contributed by atoms with Crippen LogP contribution in [0.3, 0.4) is 0 Å². The highest BCUT2D eigenvalue weighted by atomic mass is 35.5. The van der Waals surface area contributed by atoms with Gasteiger partial charge in [0.15, 0.2) is 0 Å². The van der Waals surface area contributed by atoms with E-state index in [9.17, 15) is 19.5 Å². The maximum absolute atomic E-state index is 12.6. The largest absolute Gasteiger partial charge is 0.509 e. The molecule has 170 valence electrons. The molecule has 0 amide bonds. The molecule has 2 atom stereocenters. The first kappa shape index (κ1) is 25.0. The molecule has 1 aliphatic rings. The monoisotopic (exact) mass is 471 g/mol. The van der Waals surface area contributed by atoms with Crippen LogP contribution in [-0.2, 0) is 23.8 Å². The van der Waals surface area contributed by atoms with Crippen LogP contribution in [-0.4, -0.2) is 65.6 Å². The Balaban J connectivity index is 2.15. The van der Waals surface area contributed by atoms with Crippen LogP contribution in [0.5, 0.6) is 0 Å². The number of halogens is 1. The number of hydrogen-bond donors (Lipinski definition) is 1. The second-order valence-corrected chi connectivity index (χ2v) is 8.64. The van der Waals surface area contributed by atoms with E-state index in [2.05, 4.69) is 0 Å². The number of esters is 1. The number of thioether (sulfide) groups is 1. The van der Waals surface area contributed by atoms with Crippen LogP contribution < -0.4 is 0 Å². The maximum Gasteiger partial charge on any atom is 0.509 e. The smallest absolute Gasteiger partial charge is 0.478 e. The van der Waals surface area contributed by atoms with Gasteiger partial charge in [-0.3, -0.25) is 4.90 Å². The fraction of sp³-hybridized carbons (Fsp3) is 0.476. The topological polar surface area (TPSA) is 102 Å². The van der Waals surface area contributed by atoms with Gasteiger partial charge in [0.05, 0.1) is 13.2 Å². The van der Waals surface area contributed by atoms with Gasteiger partial charge in [-0.05, 0) is 37.5 Å². The van der Waals surface area contributed by atoms with Crippen molar-refractivity contribution < 1.29 is 33.7 Å². The number of carboxylic acid groups (broad SMARTS) is 1. The molecule has 8 nitrogen and oxygen atoms in total. The molecular formula is C21H26ClNO7S. The number of rotatable bonds is 8. The van der Waals surface area contributed by atoms with E-state index in [0.29, 0.717) is 29.1 Å². The Morgan fingerprint density at radius 3 is 2.65 bits per heavy atom. The Bertz CT molecular complexity index is 830. The molecule has 1 heterocycles. The van der Waals surface area contributed by atoms with Crippen LogP contribution in [0.1, 0.15) is 31.9 Å². The zero-order valence-electron chi connectivity index (χ0n) is 17.6. The minimum atomic E-state index is -1.09. The second-order valence-electron chi connectivity index (χ2n) is 7.10. The summed E-state index contributed by atoms with van der Waals surface area (Å²) in [5, 5.41) is 9.55. The molecule has 0 saturated carbocycles. The summed E-state index contributed by atoms with van der Waals surface area (Å²) < 4.78 is 15.0. The molecule has 0 bridgehead atoms. The average molecular weight is 472 g/mol. The predicted octanol–water partition coefficient (Wildman–Crippen LogP) is 3.89. The highest BCUT2D eigenvalue weighted by Gasteiger charge is 2.35. The molecule has 10 heteroatoms. The molecule has 1 N–H and O–H groups in total. The molecule has 1 fully saturated rings. The third kappa shape index (κ3) is 7.45. The molecule has 1 saturated heterocycles. The number of ether oxygens (including phenoxy) is 3. The lowest BCUT2D eigenvalue weighted by Gasteiger charge is -2.37. The lowest BCUT2D eigenvalue weighted by atomic mass is 9.98. The average Bonchev–Trinajstić information content (AvgIpc) is 2.70. The Hall–Kier alpha value is -2.23. The minimum Gasteiger partial charge on any atom is -0.478 e. The van der Waals surface area contributed by atoms with Crippen LogP contribution in [0.2, 0.25) is 5.02 Å². The van der Waals surface area contributed by atoms with Gasteiger partial charge in [0.25, 0.3) is 0 Å². The van der Waals surface area contributed by atoms with Crippen molar-refractivity contribution in [1.29, 1.82) is 0 Å². The molecule has 0 spiro atoms. The first-order valence-corrected chi connectivity index (χ1v) is 11.1. The van der Waals surface area contributed by atoms with E-state index in [-0.39, 0.29) is 23.8 Å². The summed E-state index contributed by atoms with van der Waals surface area (Å²) in [6.07, 6.45) is 0.623. The summed E-state index contributed by atoms with van der Waals surface area (Å²) >= 11 is 7.62. The molecule has 31 heavy (non-hydrogen) atoms. The Labute approximate surface area is 190 Å². The number of nitrogens with zero attached hydrogens (tertiary/aromatic N) is 1. The molecule has 0 aromatic heterocycles. The van der Waals surface area contributed by atoms with Crippen molar-refractivity contribution in [2.24, 2.45) is 0 Å². The first-order chi connectivity index (χ1) is 14.7. The van der Waals surface area contributed by atoms with Crippen molar-refractivity contribution in [2.45, 2.75) is 37.7 Å². The van der Waals surface area contributed by atoms with E-state index in [4.69, 9.17) is 25.8 Å². The fourth-order valence-electron chi connectivity index (χ4n) is 3.26. The van der Waals surface area contributed by atoms with Crippen LogP contribution >= 0.6 is 23.4 Å². The molecule has 1 aromatic carbocycles. The highest BCUT2D eigenvalue weighted by Crippen LogP contribution is 2.35. The maximum atomic E-state index is 12.6. The van der Waals surface area contributed by atoms with Gasteiger partial charge in [0.2, 0.25) is 0 Å². The number of piperidine rings is 1. The van der Waals surface area contributed by atoms with Gasteiger partial charge in [-0.2, -0.15) is 0 Å². The highest BCUT2D eigenvalue weighted by molar-refractivity contribution is 7.99. The fourth-order valence-corrected chi connectivity index (χ4v) is 4.46. The summed E-state index contributed by atoms with van der Waals surface area (Å²) in [4.78, 5) is 37.4. The minimum absolute atomic E-state index is 0.0259. The zero-order valence-corrected chi connectivity index (χ0v) is 19.1. The third-order valence-corrected chi connectivity index (χ3v) is 6.09. The number of hydrogen-bond acceptors (Lipinski definition) is 8. The van der Waals surface area contributed by atoms with Crippen molar-refractivity contribution in [3.05, 3.63) is 46.5 Å². The number of carboxylic acids is 1. The summed E-state index contributed by atoms with van der Waals surface area (Å²) in [6, 6.07) is 6.22. The van der Waals surface area contributed by atoms with Gasteiger partial charge < -0.3 is 19.3 Å². The quantitative estimate of drug-likeness (QED) is 0.343. The van der Waals surface area contributed by atoms with Gasteiger partial charge in [0.1, 0.15) is 12.0 Å². The van der Waals surface area contributed by atoms with E-state index in [1.54, 1.807) is 38.1 Å². The van der Waals surface area contributed by atoms with E-state index >= 15 is 0 Å². The van der Waals surface area contributed by atoms with Crippen molar-refractivity contribution in [2.75, 3.05) is 26.1 Å². The molecular weight excluding hydrogens is 446 g/mol. The predicted molar refractivity (Wildman–Crippen MR) is 117 cm³/mol. The first-order valence-electron chi connectivity index (χ1n) is 9.67. The molecule has 0 radical (unpaired) electrons. The van der Waals surface area contributed by atoms with Crippen molar-refractivity contribution in [3.8, 4) is 0 Å². The molecule has 1 aliphatic heterocycles. The van der Waals surface area contributed by atoms with Crippen LogP contribution in [0.25, 0.3) is 0 Å². The summed E-state index contributed by atoms with van der Waals surface area (Å²) in [5.74, 6) is -1.54. The number of methoxy groups -OCH3 is 1. The van der Waals surface area contributed by atoms with Gasteiger partial charge in [-0.15, -0.1) is 11.8 Å². The summed E-state index contributed by atoms with van der Waals surface area (Å²) in [7, 11) is 1.30. The lowest BCUT2D eigenvalue weighted by molar-refractivity contribution is -0.147. The van der Waals surface area contributed by atoms with Crippen LogP contribution in [0, 0.1) is 0 Å². The number of carbonyl (C=O) groups is 3. The Morgan fingerprint density at radius 1 is 1.32 bits per heavy atom. The van der Waals surface area contributed by atoms with Gasteiger partial charge >= 0.3 is 18.1 Å². The van der Waals surface area contributed by atoms with Crippen molar-refractivity contribution >= 4 is 41.5 Å². The van der Waals surface area contributed by atoms with Crippen molar-refractivity contribution in [3.63, 3.8) is 0 Å². The van der Waals surface area contributed by atoms with Crippen LogP contribution in [0.4, 0.5) is 4.79 Å². The van der Waals surface area contributed by atoms with E-state index in [1.807, 2.05) is 4.90 Å². The Kier molecular flexibility index (Phi) is 9.67. The number of carbonyl (C=O) groups excluding carboxylic acids is 2. The molecule has 0 aliphatic carbocycles. The molecule has 1 aromatic rings. The van der Waals surface area contributed by atoms with Gasteiger partial charge in [-0.1, -0.05) is 29.8 Å². The second kappa shape index (κ2) is 12.0. The number of likely N-dealkylation sites (tertiary alicyclic amines) is 1. The van der Waals surface area contributed by atoms with Gasteiger partial charge in [-0.25, -0.2) is 14.4 Å². The standard InChI is InChI=1S/C21H26ClNO7S/c1-13(2)30-21(27)29-12-31-17-8-9-23(11-14(17)10-18(24)25)19(20(26)28-3)15-6-4-5-7-16(15)22/h4-7,10,13,17,19H,8-9,11-12H2,1-3H3,(H,24,25)/b14-10-. The summed E-state index contributed by atoms with van der Waals surface area (Å²) in [6.45, 7) is 4.16. The van der Waals surface area contributed by atoms with E-state index in [0.717, 1.165) is 6.08 Å². The number of benzene rings is 1. The SMILES string of the molecule is COC(=O)C(c1ccccc1Cl)N1CCC(SCOC(=O)OC(C)C)/C(=C\C(=O)O)C1. The lowest BCUT2D eigenvalue weighted by Crippen LogP contribution is -2.43. The van der Waals surface area contributed by atoms with Crippen molar-refractivity contribution in [1.82, 2.24) is 4.90 Å². The van der Waals surface area contributed by atoms with Gasteiger partial charge in [0, 0.05) is 29.4 Å². The molecule has 2 rings (SSSR count). The zero-order chi connectivity index (χ0) is 23.0. The number of aliphatic carboxylic acids is 1. The van der Waals surface area contributed by atoms with E-state index < -0.39 is 24.1 Å². The normalized spacial score (nSPS) is 19.1.